The molecule has 0 amide bonds. The molecule has 2 unspecified atom stereocenters. The van der Waals surface area contributed by atoms with E-state index in [4.69, 9.17) is 9.47 Å². The van der Waals surface area contributed by atoms with Crippen LogP contribution >= 0.6 is 0 Å². The smallest absolute Gasteiger partial charge is 0.119 e. The molecule has 1 heterocycles. The van der Waals surface area contributed by atoms with Crippen molar-refractivity contribution < 1.29 is 9.47 Å². The first-order valence-corrected chi connectivity index (χ1v) is 8.42. The zero-order chi connectivity index (χ0) is 14.5. The minimum atomic E-state index is 0.383. The molecule has 116 valence electrons. The average Bonchev–Trinajstić information content (AvgIpc) is 3.06. The zero-order valence-corrected chi connectivity index (χ0v) is 13.1. The van der Waals surface area contributed by atoms with Gasteiger partial charge in [-0.25, -0.2) is 0 Å². The first kappa shape index (κ1) is 14.9. The van der Waals surface area contributed by atoms with Crippen LogP contribution in [0.25, 0.3) is 0 Å². The Kier molecular flexibility index (Phi) is 5.15. The molecule has 1 aliphatic heterocycles. The fraction of sp³-hybridized carbons (Fsp3) is 0.667. The van der Waals surface area contributed by atoms with E-state index < -0.39 is 0 Å². The van der Waals surface area contributed by atoms with E-state index >= 15 is 0 Å². The predicted molar refractivity (Wildman–Crippen MR) is 85.0 cm³/mol. The van der Waals surface area contributed by atoms with Crippen molar-refractivity contribution in [2.24, 2.45) is 0 Å². The van der Waals surface area contributed by atoms with Gasteiger partial charge >= 0.3 is 0 Å². The number of rotatable bonds is 6. The van der Waals surface area contributed by atoms with Crippen molar-refractivity contribution in [3.05, 3.63) is 29.3 Å². The number of fused-ring (bicyclic) bond motifs is 1. The minimum Gasteiger partial charge on any atom is -0.492 e. The summed E-state index contributed by atoms with van der Waals surface area (Å²) in [5.74, 6) is 1.02. The number of nitrogens with one attached hydrogen (secondary N) is 1. The van der Waals surface area contributed by atoms with Crippen LogP contribution in [0, 0.1) is 0 Å². The highest BCUT2D eigenvalue weighted by molar-refractivity contribution is 5.37. The maximum absolute atomic E-state index is 5.88. The summed E-state index contributed by atoms with van der Waals surface area (Å²) in [6.45, 7) is 4.71. The Balaban J connectivity index is 1.41. The Hall–Kier alpha value is -1.06. The quantitative estimate of drug-likeness (QED) is 0.816. The summed E-state index contributed by atoms with van der Waals surface area (Å²) in [5.41, 5.74) is 3.00. The van der Waals surface area contributed by atoms with Gasteiger partial charge in [0.05, 0.1) is 6.10 Å². The molecule has 1 N–H and O–H groups in total. The van der Waals surface area contributed by atoms with Crippen molar-refractivity contribution in [1.29, 1.82) is 0 Å². The normalized spacial score (nSPS) is 22.8. The molecule has 0 aromatic heterocycles. The lowest BCUT2D eigenvalue weighted by molar-refractivity contribution is 0.0824. The molecule has 3 heteroatoms. The Morgan fingerprint density at radius 2 is 2.10 bits per heavy atom. The van der Waals surface area contributed by atoms with Crippen LogP contribution in [-0.4, -0.2) is 31.9 Å². The first-order chi connectivity index (χ1) is 10.3. The van der Waals surface area contributed by atoms with Gasteiger partial charge < -0.3 is 14.8 Å². The summed E-state index contributed by atoms with van der Waals surface area (Å²) in [6.07, 6.45) is 7.85. The van der Waals surface area contributed by atoms with Gasteiger partial charge in [-0.3, -0.25) is 0 Å². The topological polar surface area (TPSA) is 30.5 Å². The third kappa shape index (κ3) is 3.98. The summed E-state index contributed by atoms with van der Waals surface area (Å²) >= 11 is 0. The van der Waals surface area contributed by atoms with Crippen LogP contribution in [0.3, 0.4) is 0 Å². The molecule has 1 saturated heterocycles. The van der Waals surface area contributed by atoms with Crippen molar-refractivity contribution in [3.63, 3.8) is 0 Å². The van der Waals surface area contributed by atoms with E-state index in [1.807, 2.05) is 0 Å². The van der Waals surface area contributed by atoms with Crippen LogP contribution < -0.4 is 10.1 Å². The lowest BCUT2D eigenvalue weighted by atomic mass is 9.92. The molecular weight excluding hydrogens is 262 g/mol. The molecule has 1 fully saturated rings. The fourth-order valence-electron chi connectivity index (χ4n) is 3.38. The zero-order valence-electron chi connectivity index (χ0n) is 13.1. The molecule has 1 aromatic rings. The van der Waals surface area contributed by atoms with Gasteiger partial charge in [0, 0.05) is 19.2 Å². The predicted octanol–water partition coefficient (Wildman–Crippen LogP) is 3.10. The standard InChI is InChI=1S/C18H27NO2/c1-14(18-7-4-11-21-18)19-10-12-20-17-9-8-15-5-2-3-6-16(15)13-17/h8-9,13-14,18-19H,2-7,10-12H2,1H3. The number of hydrogen-bond donors (Lipinski definition) is 1. The number of hydrogen-bond acceptors (Lipinski definition) is 3. The van der Waals surface area contributed by atoms with Crippen LogP contribution in [0.2, 0.25) is 0 Å². The molecule has 1 aliphatic carbocycles. The Bertz CT molecular complexity index is 455. The molecule has 21 heavy (non-hydrogen) atoms. The number of ether oxygens (including phenoxy) is 2. The molecule has 3 rings (SSSR count). The van der Waals surface area contributed by atoms with Crippen molar-refractivity contribution in [3.8, 4) is 5.75 Å². The molecule has 0 saturated carbocycles. The Labute approximate surface area is 128 Å². The summed E-state index contributed by atoms with van der Waals surface area (Å²) in [6, 6.07) is 7.01. The van der Waals surface area contributed by atoms with Gasteiger partial charge in [-0.15, -0.1) is 0 Å². The molecule has 0 radical (unpaired) electrons. The fourth-order valence-corrected chi connectivity index (χ4v) is 3.38. The van der Waals surface area contributed by atoms with E-state index in [9.17, 15) is 0 Å². The number of benzene rings is 1. The van der Waals surface area contributed by atoms with Crippen molar-refractivity contribution in [2.45, 2.75) is 57.6 Å². The van der Waals surface area contributed by atoms with E-state index in [1.165, 1.54) is 49.7 Å². The van der Waals surface area contributed by atoms with Crippen LogP contribution in [0.5, 0.6) is 5.75 Å². The van der Waals surface area contributed by atoms with Gasteiger partial charge in [-0.05, 0) is 68.7 Å². The van der Waals surface area contributed by atoms with E-state index in [0.717, 1.165) is 25.5 Å². The summed E-state index contributed by atoms with van der Waals surface area (Å²) in [5, 5.41) is 3.51. The van der Waals surface area contributed by atoms with Crippen LogP contribution in [0.15, 0.2) is 18.2 Å². The second kappa shape index (κ2) is 7.28. The maximum Gasteiger partial charge on any atom is 0.119 e. The Morgan fingerprint density at radius 1 is 1.24 bits per heavy atom. The third-order valence-electron chi connectivity index (χ3n) is 4.68. The molecule has 2 aliphatic rings. The summed E-state index contributed by atoms with van der Waals surface area (Å²) < 4.78 is 11.6. The molecule has 3 nitrogen and oxygen atoms in total. The van der Waals surface area contributed by atoms with Crippen LogP contribution in [-0.2, 0) is 17.6 Å². The second-order valence-electron chi connectivity index (χ2n) is 6.28. The van der Waals surface area contributed by atoms with Gasteiger partial charge in [0.2, 0.25) is 0 Å². The first-order valence-electron chi connectivity index (χ1n) is 8.42. The minimum absolute atomic E-state index is 0.383. The molecular formula is C18H27NO2. The van der Waals surface area contributed by atoms with Crippen molar-refractivity contribution in [1.82, 2.24) is 5.32 Å². The molecule has 0 spiro atoms. The lowest BCUT2D eigenvalue weighted by Gasteiger charge is -2.20. The lowest BCUT2D eigenvalue weighted by Crippen LogP contribution is -2.39. The van der Waals surface area contributed by atoms with Gasteiger partial charge in [0.25, 0.3) is 0 Å². The highest BCUT2D eigenvalue weighted by Crippen LogP contribution is 2.25. The van der Waals surface area contributed by atoms with Gasteiger partial charge in [-0.2, -0.15) is 0 Å². The molecule has 0 bridgehead atoms. The second-order valence-corrected chi connectivity index (χ2v) is 6.28. The van der Waals surface area contributed by atoms with Crippen LogP contribution in [0.4, 0.5) is 0 Å². The SMILES string of the molecule is CC(NCCOc1ccc2c(c1)CCCC2)C1CCCO1. The van der Waals surface area contributed by atoms with E-state index in [1.54, 1.807) is 0 Å². The van der Waals surface area contributed by atoms with E-state index in [2.05, 4.69) is 30.4 Å². The highest BCUT2D eigenvalue weighted by atomic mass is 16.5. The van der Waals surface area contributed by atoms with Gasteiger partial charge in [0.1, 0.15) is 12.4 Å². The molecule has 2 atom stereocenters. The summed E-state index contributed by atoms with van der Waals surface area (Å²) in [4.78, 5) is 0. The van der Waals surface area contributed by atoms with E-state index in [0.29, 0.717) is 12.1 Å². The Morgan fingerprint density at radius 3 is 2.90 bits per heavy atom. The third-order valence-corrected chi connectivity index (χ3v) is 4.68. The van der Waals surface area contributed by atoms with Gasteiger partial charge in [0.15, 0.2) is 0 Å². The van der Waals surface area contributed by atoms with E-state index in [-0.39, 0.29) is 0 Å². The highest BCUT2D eigenvalue weighted by Gasteiger charge is 2.21. The summed E-state index contributed by atoms with van der Waals surface area (Å²) in [7, 11) is 0. The number of aryl methyl sites for hydroxylation is 2. The molecule has 1 aromatic carbocycles. The van der Waals surface area contributed by atoms with Crippen molar-refractivity contribution >= 4 is 0 Å². The van der Waals surface area contributed by atoms with Gasteiger partial charge in [-0.1, -0.05) is 6.07 Å². The monoisotopic (exact) mass is 289 g/mol. The average molecular weight is 289 g/mol. The maximum atomic E-state index is 5.88. The largest absolute Gasteiger partial charge is 0.492 e. The van der Waals surface area contributed by atoms with Crippen molar-refractivity contribution in [2.75, 3.05) is 19.8 Å². The van der Waals surface area contributed by atoms with Crippen LogP contribution in [0.1, 0.15) is 43.7 Å².